The maximum atomic E-state index is 9.85. The van der Waals surface area contributed by atoms with Gasteiger partial charge in [-0.15, -0.1) is 6.58 Å². The Labute approximate surface area is 82.7 Å². The Morgan fingerprint density at radius 2 is 2.00 bits per heavy atom. The van der Waals surface area contributed by atoms with Crippen molar-refractivity contribution in [3.05, 3.63) is 54.7 Å². The highest BCUT2D eigenvalue weighted by molar-refractivity contribution is 5.75. The summed E-state index contributed by atoms with van der Waals surface area (Å²) in [6.07, 6.45) is 2.44. The molecule has 0 amide bonds. The Bertz CT molecular complexity index is 477. The van der Waals surface area contributed by atoms with Crippen molar-refractivity contribution in [1.82, 2.24) is 0 Å². The summed E-state index contributed by atoms with van der Waals surface area (Å²) in [5.41, 5.74) is 1.67. The van der Waals surface area contributed by atoms with Crippen molar-refractivity contribution in [2.24, 2.45) is 0 Å². The molecule has 0 aliphatic rings. The van der Waals surface area contributed by atoms with E-state index >= 15 is 0 Å². The molecule has 0 radical (unpaired) electrons. The fraction of sp³-hybridized carbons (Fsp3) is 0.0833. The van der Waals surface area contributed by atoms with Crippen LogP contribution in [0.25, 0.3) is 10.9 Å². The number of hydrogen-bond acceptors (Lipinski definition) is 1. The van der Waals surface area contributed by atoms with Crippen LogP contribution in [0.15, 0.2) is 49.1 Å². The summed E-state index contributed by atoms with van der Waals surface area (Å²) in [7, 11) is 0. The van der Waals surface area contributed by atoms with Crippen molar-refractivity contribution in [2.75, 3.05) is 0 Å². The van der Waals surface area contributed by atoms with E-state index in [2.05, 4.69) is 6.58 Å². The van der Waals surface area contributed by atoms with Gasteiger partial charge in [-0.05, 0) is 12.1 Å². The van der Waals surface area contributed by atoms with E-state index in [0.717, 1.165) is 16.6 Å². The van der Waals surface area contributed by atoms with Gasteiger partial charge in [0.1, 0.15) is 0 Å². The minimum atomic E-state index is 0.668. The molecule has 1 aromatic carbocycles. The summed E-state index contributed by atoms with van der Waals surface area (Å²) in [5.74, 6) is 0. The molecule has 0 unspecified atom stereocenters. The quantitative estimate of drug-likeness (QED) is 0.433. The van der Waals surface area contributed by atoms with Crippen LogP contribution in [0.2, 0.25) is 0 Å². The van der Waals surface area contributed by atoms with Crippen molar-refractivity contribution in [2.45, 2.75) is 6.42 Å². The smallest absolute Gasteiger partial charge is 0.264 e. The average molecular weight is 186 g/mol. The molecular weight excluding hydrogens is 174 g/mol. The standard InChI is InChI=1S/C12H12NO/c1-2-5-11-9-8-10-6-3-4-7-12(10)13(11)14/h2-4,6-9,14H,1,5H2/q+1. The van der Waals surface area contributed by atoms with Gasteiger partial charge in [-0.1, -0.05) is 18.2 Å². The zero-order chi connectivity index (χ0) is 9.97. The first-order valence-electron chi connectivity index (χ1n) is 4.56. The fourth-order valence-corrected chi connectivity index (χ4v) is 1.54. The van der Waals surface area contributed by atoms with Gasteiger partial charge in [0.25, 0.3) is 5.52 Å². The van der Waals surface area contributed by atoms with E-state index in [4.69, 9.17) is 0 Å². The number of aromatic nitrogens is 1. The monoisotopic (exact) mass is 186 g/mol. The van der Waals surface area contributed by atoms with Gasteiger partial charge in [-0.2, -0.15) is 0 Å². The van der Waals surface area contributed by atoms with Crippen molar-refractivity contribution >= 4 is 10.9 Å². The first-order valence-corrected chi connectivity index (χ1v) is 4.56. The number of benzene rings is 1. The molecule has 1 N–H and O–H groups in total. The van der Waals surface area contributed by atoms with Gasteiger partial charge in [0.15, 0.2) is 0 Å². The number of rotatable bonds is 2. The third-order valence-corrected chi connectivity index (χ3v) is 2.25. The molecule has 2 nitrogen and oxygen atoms in total. The number of allylic oxidation sites excluding steroid dienone is 1. The van der Waals surface area contributed by atoms with Crippen molar-refractivity contribution in [3.8, 4) is 0 Å². The van der Waals surface area contributed by atoms with Crippen LogP contribution in [0.4, 0.5) is 0 Å². The molecule has 0 spiro atoms. The Morgan fingerprint density at radius 1 is 1.21 bits per heavy atom. The van der Waals surface area contributed by atoms with E-state index in [1.165, 1.54) is 4.73 Å². The second-order valence-corrected chi connectivity index (χ2v) is 3.19. The minimum Gasteiger partial charge on any atom is -0.284 e. The predicted octanol–water partition coefficient (Wildman–Crippen LogP) is 2.09. The molecule has 2 rings (SSSR count). The maximum absolute atomic E-state index is 9.85. The third kappa shape index (κ3) is 1.35. The third-order valence-electron chi connectivity index (χ3n) is 2.25. The maximum Gasteiger partial charge on any atom is 0.264 e. The van der Waals surface area contributed by atoms with Crippen molar-refractivity contribution < 1.29 is 9.94 Å². The molecule has 0 aliphatic carbocycles. The number of para-hydroxylation sites is 1. The minimum absolute atomic E-state index is 0.668. The Hall–Kier alpha value is -1.83. The lowest BCUT2D eigenvalue weighted by molar-refractivity contribution is -0.889. The summed E-state index contributed by atoms with van der Waals surface area (Å²) in [5, 5.41) is 10.9. The predicted molar refractivity (Wildman–Crippen MR) is 55.2 cm³/mol. The summed E-state index contributed by atoms with van der Waals surface area (Å²) in [4.78, 5) is 0. The van der Waals surface area contributed by atoms with Crippen LogP contribution >= 0.6 is 0 Å². The molecule has 0 bridgehead atoms. The van der Waals surface area contributed by atoms with Crippen molar-refractivity contribution in [1.29, 1.82) is 0 Å². The van der Waals surface area contributed by atoms with E-state index in [1.54, 1.807) is 6.08 Å². The molecule has 14 heavy (non-hydrogen) atoms. The van der Waals surface area contributed by atoms with E-state index in [-0.39, 0.29) is 0 Å². The Balaban J connectivity index is 2.68. The molecule has 2 heteroatoms. The fourth-order valence-electron chi connectivity index (χ4n) is 1.54. The highest BCUT2D eigenvalue weighted by Crippen LogP contribution is 2.09. The molecule has 0 fully saturated rings. The molecule has 0 atom stereocenters. The Kier molecular flexibility index (Phi) is 2.19. The second kappa shape index (κ2) is 3.50. The van der Waals surface area contributed by atoms with Crippen LogP contribution in [0.3, 0.4) is 0 Å². The SMILES string of the molecule is C=CCc1ccc2ccccc2[n+]1O. The van der Waals surface area contributed by atoms with Gasteiger partial charge in [-0.25, -0.2) is 0 Å². The van der Waals surface area contributed by atoms with Gasteiger partial charge in [0.2, 0.25) is 5.69 Å². The van der Waals surface area contributed by atoms with Gasteiger partial charge >= 0.3 is 0 Å². The summed E-state index contributed by atoms with van der Waals surface area (Å²) < 4.78 is 1.22. The number of fused-ring (bicyclic) bond motifs is 1. The molecule has 0 saturated heterocycles. The molecule has 0 aliphatic heterocycles. The van der Waals surface area contributed by atoms with Crippen LogP contribution in [0, 0.1) is 0 Å². The van der Waals surface area contributed by atoms with Crippen LogP contribution in [0.1, 0.15) is 5.69 Å². The molecule has 1 aromatic heterocycles. The van der Waals surface area contributed by atoms with E-state index in [9.17, 15) is 5.21 Å². The highest BCUT2D eigenvalue weighted by Gasteiger charge is 2.12. The molecule has 0 saturated carbocycles. The largest absolute Gasteiger partial charge is 0.284 e. The van der Waals surface area contributed by atoms with Crippen LogP contribution in [-0.4, -0.2) is 5.21 Å². The lowest BCUT2D eigenvalue weighted by Gasteiger charge is -1.97. The average Bonchev–Trinajstić information content (AvgIpc) is 2.23. The molecule has 2 aromatic rings. The zero-order valence-electron chi connectivity index (χ0n) is 7.85. The van der Waals surface area contributed by atoms with Crippen LogP contribution in [0.5, 0.6) is 0 Å². The van der Waals surface area contributed by atoms with E-state index in [1.807, 2.05) is 36.4 Å². The Morgan fingerprint density at radius 3 is 2.79 bits per heavy atom. The van der Waals surface area contributed by atoms with E-state index in [0.29, 0.717) is 6.42 Å². The van der Waals surface area contributed by atoms with Gasteiger partial charge < -0.3 is 0 Å². The molecular formula is C12H12NO+. The summed E-state index contributed by atoms with van der Waals surface area (Å²) >= 11 is 0. The zero-order valence-corrected chi connectivity index (χ0v) is 7.85. The summed E-state index contributed by atoms with van der Waals surface area (Å²) in [6.45, 7) is 3.65. The first-order chi connectivity index (χ1) is 6.83. The first kappa shape index (κ1) is 8.75. The molecule has 1 heterocycles. The second-order valence-electron chi connectivity index (χ2n) is 3.19. The van der Waals surface area contributed by atoms with Crippen LogP contribution < -0.4 is 4.73 Å². The number of pyridine rings is 1. The van der Waals surface area contributed by atoms with Crippen LogP contribution in [-0.2, 0) is 6.42 Å². The van der Waals surface area contributed by atoms with Gasteiger partial charge in [0, 0.05) is 16.9 Å². The highest BCUT2D eigenvalue weighted by atomic mass is 16.5. The normalized spacial score (nSPS) is 10.3. The summed E-state index contributed by atoms with van der Waals surface area (Å²) in [6, 6.07) is 11.6. The number of hydrogen-bond donors (Lipinski definition) is 1. The number of nitrogens with zero attached hydrogens (tertiary/aromatic N) is 1. The lowest BCUT2D eigenvalue weighted by atomic mass is 10.2. The molecule has 70 valence electrons. The lowest BCUT2D eigenvalue weighted by Crippen LogP contribution is -2.35. The van der Waals surface area contributed by atoms with E-state index < -0.39 is 0 Å². The van der Waals surface area contributed by atoms with Gasteiger partial charge in [-0.3, -0.25) is 5.21 Å². The van der Waals surface area contributed by atoms with Gasteiger partial charge in [0.05, 0.1) is 11.8 Å². The van der Waals surface area contributed by atoms with Crippen molar-refractivity contribution in [3.63, 3.8) is 0 Å². The topological polar surface area (TPSA) is 24.1 Å².